The fraction of sp³-hybridized carbons (Fsp3) is 0.250. The number of aromatic nitrogens is 4. The molecule has 4 heterocycles. The van der Waals surface area contributed by atoms with E-state index in [4.69, 9.17) is 9.40 Å². The summed E-state index contributed by atoms with van der Waals surface area (Å²) in [6.45, 7) is 15.6. The summed E-state index contributed by atoms with van der Waals surface area (Å²) in [5, 5.41) is 4.58. The van der Waals surface area contributed by atoms with E-state index in [0.29, 0.717) is 23.5 Å². The summed E-state index contributed by atoms with van der Waals surface area (Å²) < 4.78 is 10.3. The van der Waals surface area contributed by atoms with Crippen LogP contribution in [0.15, 0.2) is 120 Å². The van der Waals surface area contributed by atoms with Crippen molar-refractivity contribution >= 4 is 61.5 Å². The third-order valence-electron chi connectivity index (χ3n) is 11.1. The molecule has 0 bridgehead atoms. The van der Waals surface area contributed by atoms with E-state index < -0.39 is 13.3 Å². The third kappa shape index (κ3) is 8.08. The van der Waals surface area contributed by atoms with Gasteiger partial charge in [-0.05, 0) is 71.0 Å². The fourth-order valence-corrected chi connectivity index (χ4v) is 11.8. The molecule has 0 atom stereocenters. The molecule has 0 amide bonds. The van der Waals surface area contributed by atoms with Gasteiger partial charge in [0.2, 0.25) is 5.71 Å². The zero-order valence-corrected chi connectivity index (χ0v) is 40.2. The van der Waals surface area contributed by atoms with Gasteiger partial charge in [0.25, 0.3) is 0 Å². The Kier molecular flexibility index (Phi) is 12.2. The summed E-state index contributed by atoms with van der Waals surface area (Å²) in [5.41, 5.74) is 12.6. The van der Waals surface area contributed by atoms with Gasteiger partial charge in [-0.1, -0.05) is 75.0 Å². The van der Waals surface area contributed by atoms with Crippen LogP contribution in [-0.4, -0.2) is 32.8 Å². The minimum atomic E-state index is -1.85. The molecule has 301 valence electrons. The van der Waals surface area contributed by atoms with Crippen LogP contribution in [0.3, 0.4) is 0 Å². The fourth-order valence-electron chi connectivity index (χ4n) is 8.24. The Labute approximate surface area is 365 Å². The first-order chi connectivity index (χ1) is 27.8. The van der Waals surface area contributed by atoms with Gasteiger partial charge in [0.15, 0.2) is 0 Å². The molecule has 0 aliphatic carbocycles. The minimum absolute atomic E-state index is 0. The Morgan fingerprint density at radius 1 is 0.678 bits per heavy atom. The molecule has 5 nitrogen and oxygen atoms in total. The van der Waals surface area contributed by atoms with Crippen LogP contribution in [0.5, 0.6) is 0 Å². The van der Waals surface area contributed by atoms with Crippen LogP contribution in [0.2, 0.25) is 17.3 Å². The second-order valence-electron chi connectivity index (χ2n) is 17.4. The topological polar surface area (TPSA) is 56.7 Å². The number of hydrogen-bond donors (Lipinski definition) is 0. The Bertz CT molecular complexity index is 2940. The van der Waals surface area contributed by atoms with Gasteiger partial charge < -0.3 is 8.98 Å². The van der Waals surface area contributed by atoms with Crippen molar-refractivity contribution in [3.05, 3.63) is 150 Å². The minimum Gasteiger partial charge on any atom is -0.486 e. The largest absolute Gasteiger partial charge is 0.486 e. The molecule has 0 saturated carbocycles. The van der Waals surface area contributed by atoms with Gasteiger partial charge in [-0.25, -0.2) is 4.98 Å². The van der Waals surface area contributed by atoms with E-state index in [1.54, 1.807) is 0 Å². The summed E-state index contributed by atoms with van der Waals surface area (Å²) in [6.07, 6.45) is 2.12. The molecule has 0 aliphatic heterocycles. The molecule has 0 unspecified atom stereocenters. The molecule has 59 heavy (non-hydrogen) atoms. The summed E-state index contributed by atoms with van der Waals surface area (Å²) in [4.78, 5) is 14.6. The molecule has 4 aromatic heterocycles. The van der Waals surface area contributed by atoms with Crippen LogP contribution < -0.4 is 4.40 Å². The van der Waals surface area contributed by atoms with Crippen LogP contribution in [0.1, 0.15) is 81.7 Å². The average Bonchev–Trinajstić information content (AvgIpc) is 3.78. The Balaban J connectivity index is 0.000000223. The molecule has 0 aliphatic rings. The van der Waals surface area contributed by atoms with Crippen molar-refractivity contribution in [2.45, 2.75) is 83.5 Å². The number of nitrogens with zero attached hydrogens (tertiary/aromatic N) is 4. The van der Waals surface area contributed by atoms with Crippen molar-refractivity contribution in [2.24, 2.45) is 0 Å². The number of imidazole rings is 1. The number of para-hydroxylation sites is 2. The van der Waals surface area contributed by atoms with E-state index in [-0.39, 0.29) is 20.1 Å². The number of benzene rings is 5. The molecule has 0 spiro atoms. The maximum Gasteiger partial charge on any atom is 0.216 e. The Morgan fingerprint density at radius 2 is 1.41 bits per heavy atom. The quantitative estimate of drug-likeness (QED) is 0.118. The van der Waals surface area contributed by atoms with Gasteiger partial charge in [-0.2, -0.15) is 0 Å². The average molecular weight is 1010 g/mol. The van der Waals surface area contributed by atoms with Crippen LogP contribution in [-0.2, 0) is 20.1 Å². The van der Waals surface area contributed by atoms with E-state index in [9.17, 15) is 0 Å². The van der Waals surface area contributed by atoms with E-state index in [1.807, 2.05) is 37.3 Å². The summed E-state index contributed by atoms with van der Waals surface area (Å²) in [6, 6.07) is 44.7. The molecular formula is C52H52GeIrN4O-2. The monoisotopic (exact) mass is 1020 g/mol. The van der Waals surface area contributed by atoms with Gasteiger partial charge in [0.05, 0.1) is 22.4 Å². The van der Waals surface area contributed by atoms with Crippen molar-refractivity contribution in [3.63, 3.8) is 0 Å². The van der Waals surface area contributed by atoms with Crippen LogP contribution in [0.4, 0.5) is 0 Å². The normalized spacial score (nSPS) is 11.9. The Morgan fingerprint density at radius 3 is 2.12 bits per heavy atom. The van der Waals surface area contributed by atoms with Crippen molar-refractivity contribution in [1.82, 2.24) is 19.5 Å². The van der Waals surface area contributed by atoms with Crippen LogP contribution in [0.25, 0.3) is 72.2 Å². The molecule has 5 aromatic carbocycles. The van der Waals surface area contributed by atoms with E-state index in [1.165, 1.54) is 37.5 Å². The SMILES string of the molecule is CC(C)c1cc(-c2[c-]cccc2)nc[c]1[Ge]([CH3])([CH3])[CH3].Cc1ccc2c(n1)oc1c(-c3nc4ccccc4n3-c3c(C(C)C)cc4ccccc4c3C(C)C)[c-]ccc12.[Ir]. The number of aryl methyl sites for hydroxylation is 1. The maximum atomic E-state index is 6.44. The molecule has 1 radical (unpaired) electrons. The molecule has 9 aromatic rings. The van der Waals surface area contributed by atoms with Crippen molar-refractivity contribution in [3.8, 4) is 28.3 Å². The predicted octanol–water partition coefficient (Wildman–Crippen LogP) is 13.7. The number of rotatable bonds is 7. The van der Waals surface area contributed by atoms with Crippen molar-refractivity contribution in [1.29, 1.82) is 0 Å². The van der Waals surface area contributed by atoms with E-state index in [2.05, 4.69) is 171 Å². The molecule has 7 heteroatoms. The van der Waals surface area contributed by atoms with Gasteiger partial charge in [-0.3, -0.25) is 4.98 Å². The summed E-state index contributed by atoms with van der Waals surface area (Å²) >= 11 is -1.85. The molecular weight excluding hydrogens is 961 g/mol. The smallest absolute Gasteiger partial charge is 0.216 e. The number of hydrogen-bond acceptors (Lipinski definition) is 4. The second kappa shape index (κ2) is 17.0. The summed E-state index contributed by atoms with van der Waals surface area (Å²) in [7, 11) is 0. The second-order valence-corrected chi connectivity index (χ2v) is 27.9. The van der Waals surface area contributed by atoms with Gasteiger partial charge >= 0.3 is 119 Å². The molecule has 0 N–H and O–H groups in total. The van der Waals surface area contributed by atoms with E-state index >= 15 is 0 Å². The number of furan rings is 1. The van der Waals surface area contributed by atoms with Crippen LogP contribution >= 0.6 is 0 Å². The van der Waals surface area contributed by atoms with Gasteiger partial charge in [0.1, 0.15) is 0 Å². The molecule has 0 fully saturated rings. The molecule has 0 saturated heterocycles. The predicted molar refractivity (Wildman–Crippen MR) is 246 cm³/mol. The number of fused-ring (bicyclic) bond motifs is 5. The van der Waals surface area contributed by atoms with E-state index in [0.717, 1.165) is 55.7 Å². The molecule has 9 rings (SSSR count). The first kappa shape index (κ1) is 42.3. The number of pyridine rings is 2. The van der Waals surface area contributed by atoms with Gasteiger partial charge in [0, 0.05) is 36.9 Å². The summed E-state index contributed by atoms with van der Waals surface area (Å²) in [5.74, 6) is 9.28. The van der Waals surface area contributed by atoms with Crippen molar-refractivity contribution < 1.29 is 24.5 Å². The first-order valence-electron chi connectivity index (χ1n) is 20.5. The van der Waals surface area contributed by atoms with Gasteiger partial charge in [-0.15, -0.1) is 18.2 Å². The Hall–Kier alpha value is -4.88. The van der Waals surface area contributed by atoms with Crippen LogP contribution in [0, 0.1) is 19.1 Å². The standard InChI is InChI=1S/C35H30N3O.C17H22GeN.Ir/c1-20(2)28-19-23-11-6-7-12-24(23)31(21(3)4)32(28)38-30-16-9-8-15-29(30)37-34(38)27-14-10-13-25-26-18-17-22(5)36-35(26)39-33(25)27;1-13(2)15-11-17(14-9-7-6-8-10-14)19-12-16(15)18(3,4)5;/h6-13,15-21H,1-5H3;6-9,11-13H,1-5H3;/q2*-1;. The van der Waals surface area contributed by atoms with Crippen molar-refractivity contribution in [2.75, 3.05) is 0 Å². The third-order valence-corrected chi connectivity index (χ3v) is 15.4. The maximum absolute atomic E-state index is 6.44. The zero-order chi connectivity index (χ0) is 40.9. The zero-order valence-electron chi connectivity index (χ0n) is 35.7. The first-order valence-corrected chi connectivity index (χ1v) is 27.9.